The number of nitrogens with one attached hydrogen (secondary N) is 1. The zero-order chi connectivity index (χ0) is 24.0. The van der Waals surface area contributed by atoms with Crippen molar-refractivity contribution in [3.8, 4) is 6.07 Å². The molecule has 7 heteroatoms. The van der Waals surface area contributed by atoms with Crippen molar-refractivity contribution in [3.63, 3.8) is 0 Å². The van der Waals surface area contributed by atoms with Gasteiger partial charge in [0, 0.05) is 32.3 Å². The molecule has 5 aliphatic rings. The lowest BCUT2D eigenvalue weighted by molar-refractivity contribution is -0.147. The van der Waals surface area contributed by atoms with E-state index in [4.69, 9.17) is 5.26 Å². The van der Waals surface area contributed by atoms with Crippen LogP contribution in [-0.2, 0) is 22.7 Å². The van der Waals surface area contributed by atoms with Gasteiger partial charge in [-0.2, -0.15) is 5.26 Å². The number of imidazole rings is 1. The van der Waals surface area contributed by atoms with Crippen LogP contribution < -0.4 is 5.32 Å². The van der Waals surface area contributed by atoms with E-state index >= 15 is 0 Å². The molecule has 1 atom stereocenters. The van der Waals surface area contributed by atoms with Crippen molar-refractivity contribution < 1.29 is 9.59 Å². The molecular formula is C28H33N5O2. The van der Waals surface area contributed by atoms with Gasteiger partial charge in [0.2, 0.25) is 11.8 Å². The molecule has 0 radical (unpaired) electrons. The van der Waals surface area contributed by atoms with E-state index in [9.17, 15) is 9.59 Å². The van der Waals surface area contributed by atoms with Crippen molar-refractivity contribution in [1.29, 1.82) is 5.26 Å². The van der Waals surface area contributed by atoms with Crippen molar-refractivity contribution in [1.82, 2.24) is 19.8 Å². The Morgan fingerprint density at radius 1 is 1.11 bits per heavy atom. The van der Waals surface area contributed by atoms with E-state index in [2.05, 4.69) is 16.4 Å². The van der Waals surface area contributed by atoms with Crippen LogP contribution in [0.15, 0.2) is 36.8 Å². The summed E-state index contributed by atoms with van der Waals surface area (Å²) < 4.78 is 2.05. The summed E-state index contributed by atoms with van der Waals surface area (Å²) >= 11 is 0. The number of rotatable bonds is 7. The summed E-state index contributed by atoms with van der Waals surface area (Å²) in [5, 5.41) is 12.4. The van der Waals surface area contributed by atoms with Gasteiger partial charge in [0.15, 0.2) is 0 Å². The second-order valence-corrected chi connectivity index (χ2v) is 11.5. The highest BCUT2D eigenvalue weighted by Crippen LogP contribution is 2.61. The lowest BCUT2D eigenvalue weighted by Gasteiger charge is -2.56. The molecular weight excluding hydrogens is 438 g/mol. The highest BCUT2D eigenvalue weighted by atomic mass is 16.2. The fourth-order valence-corrected chi connectivity index (χ4v) is 7.79. The number of nitriles is 1. The third-order valence-corrected chi connectivity index (χ3v) is 8.96. The lowest BCUT2D eigenvalue weighted by Crippen LogP contribution is -2.49. The molecule has 0 unspecified atom stereocenters. The number of aromatic nitrogens is 2. The van der Waals surface area contributed by atoms with Gasteiger partial charge < -0.3 is 9.88 Å². The van der Waals surface area contributed by atoms with Gasteiger partial charge in [0.05, 0.1) is 29.7 Å². The topological polar surface area (TPSA) is 91.0 Å². The van der Waals surface area contributed by atoms with E-state index < -0.39 is 0 Å². The van der Waals surface area contributed by atoms with Gasteiger partial charge in [-0.1, -0.05) is 12.1 Å². The molecule has 1 aliphatic heterocycles. The minimum atomic E-state index is -0.325. The minimum absolute atomic E-state index is 0.0482. The van der Waals surface area contributed by atoms with Gasteiger partial charge in [-0.3, -0.25) is 14.5 Å². The average Bonchev–Trinajstić information content (AvgIpc) is 3.42. The van der Waals surface area contributed by atoms with E-state index in [-0.39, 0.29) is 23.3 Å². The van der Waals surface area contributed by atoms with E-state index in [1.165, 1.54) is 43.4 Å². The Kier molecular flexibility index (Phi) is 5.72. The van der Waals surface area contributed by atoms with Gasteiger partial charge in [0.25, 0.3) is 0 Å². The monoisotopic (exact) mass is 471 g/mol. The van der Waals surface area contributed by atoms with Crippen LogP contribution in [0.1, 0.15) is 68.2 Å². The summed E-state index contributed by atoms with van der Waals surface area (Å²) in [5.74, 6) is 2.41. The number of benzene rings is 1. The zero-order valence-corrected chi connectivity index (χ0v) is 20.2. The predicted octanol–water partition coefficient (Wildman–Crippen LogP) is 3.63. The second kappa shape index (κ2) is 8.91. The molecule has 1 aromatic heterocycles. The molecule has 2 heterocycles. The molecule has 2 aromatic rings. The molecule has 4 bridgehead atoms. The Balaban J connectivity index is 1.04. The SMILES string of the molecule is N#Cc1ccc(Cn2cncc2CN[C@H]2CCN(C(=O)CC34CC5CC(CC(C5)C3)C4)C2=O)cc1. The zero-order valence-electron chi connectivity index (χ0n) is 20.2. The molecule has 4 aliphatic carbocycles. The van der Waals surface area contributed by atoms with Crippen LogP contribution in [0.2, 0.25) is 0 Å². The van der Waals surface area contributed by atoms with Gasteiger partial charge in [0.1, 0.15) is 0 Å². The average molecular weight is 472 g/mol. The first-order chi connectivity index (χ1) is 17.0. The molecule has 2 amide bonds. The molecule has 1 N–H and O–H groups in total. The summed E-state index contributed by atoms with van der Waals surface area (Å²) in [5.41, 5.74) is 2.88. The normalized spacial score (nSPS) is 31.2. The van der Waals surface area contributed by atoms with Crippen molar-refractivity contribution >= 4 is 11.8 Å². The molecule has 35 heavy (non-hydrogen) atoms. The number of carbonyl (C=O) groups is 2. The first-order valence-electron chi connectivity index (χ1n) is 13.1. The molecule has 5 fully saturated rings. The Labute approximate surface area is 206 Å². The fourth-order valence-electron chi connectivity index (χ4n) is 7.79. The molecule has 0 spiro atoms. The van der Waals surface area contributed by atoms with E-state index in [0.717, 1.165) is 29.0 Å². The van der Waals surface area contributed by atoms with Crippen molar-refractivity contribution in [2.45, 2.75) is 70.5 Å². The smallest absolute Gasteiger partial charge is 0.246 e. The first kappa shape index (κ1) is 22.5. The maximum absolute atomic E-state index is 13.3. The summed E-state index contributed by atoms with van der Waals surface area (Å²) in [6, 6.07) is 9.34. The van der Waals surface area contributed by atoms with Gasteiger partial charge >= 0.3 is 0 Å². The van der Waals surface area contributed by atoms with Crippen LogP contribution in [0.3, 0.4) is 0 Å². The first-order valence-corrected chi connectivity index (χ1v) is 13.1. The summed E-state index contributed by atoms with van der Waals surface area (Å²) in [6.07, 6.45) is 12.5. The fraction of sp³-hybridized carbons (Fsp3) is 0.571. The van der Waals surface area contributed by atoms with Crippen LogP contribution in [0.4, 0.5) is 0 Å². The number of imide groups is 1. The molecule has 4 saturated carbocycles. The van der Waals surface area contributed by atoms with Crippen molar-refractivity contribution in [2.75, 3.05) is 6.54 Å². The van der Waals surface area contributed by atoms with E-state index in [0.29, 0.717) is 38.0 Å². The van der Waals surface area contributed by atoms with E-state index in [1.54, 1.807) is 6.33 Å². The predicted molar refractivity (Wildman–Crippen MR) is 130 cm³/mol. The Bertz CT molecular complexity index is 1130. The van der Waals surface area contributed by atoms with Gasteiger partial charge in [-0.05, 0) is 85.8 Å². The summed E-state index contributed by atoms with van der Waals surface area (Å²) in [7, 11) is 0. The second-order valence-electron chi connectivity index (χ2n) is 11.5. The standard InChI is InChI=1S/C28H33N5O2/c29-14-19-1-3-20(4-2-19)17-32-18-30-15-24(32)16-31-25-5-6-33(27(25)35)26(34)13-28-10-21-7-22(11-28)9-23(8-21)12-28/h1-4,15,18,21-23,25,31H,5-13,16-17H2/t21?,22?,23?,25-,28?/m0/s1. The van der Waals surface area contributed by atoms with Crippen LogP contribution >= 0.6 is 0 Å². The molecule has 7 nitrogen and oxygen atoms in total. The Morgan fingerprint density at radius 3 is 2.46 bits per heavy atom. The number of amides is 2. The number of likely N-dealkylation sites (tertiary alicyclic amines) is 1. The molecule has 1 saturated heterocycles. The minimum Gasteiger partial charge on any atom is -0.329 e. The Hall–Kier alpha value is -2.98. The van der Waals surface area contributed by atoms with Crippen LogP contribution in [0.25, 0.3) is 0 Å². The third-order valence-electron chi connectivity index (χ3n) is 8.96. The molecule has 182 valence electrons. The highest BCUT2D eigenvalue weighted by molar-refractivity contribution is 5.99. The number of hydrogen-bond acceptors (Lipinski definition) is 5. The summed E-state index contributed by atoms with van der Waals surface area (Å²) in [4.78, 5) is 32.2. The van der Waals surface area contributed by atoms with Gasteiger partial charge in [-0.25, -0.2) is 4.98 Å². The van der Waals surface area contributed by atoms with Crippen LogP contribution in [0, 0.1) is 34.5 Å². The Morgan fingerprint density at radius 2 is 1.80 bits per heavy atom. The maximum Gasteiger partial charge on any atom is 0.246 e. The van der Waals surface area contributed by atoms with Gasteiger partial charge in [-0.15, -0.1) is 0 Å². The number of hydrogen-bond donors (Lipinski definition) is 1. The highest BCUT2D eigenvalue weighted by Gasteiger charge is 2.52. The third kappa shape index (κ3) is 4.40. The van der Waals surface area contributed by atoms with Crippen molar-refractivity contribution in [2.24, 2.45) is 23.2 Å². The quantitative estimate of drug-likeness (QED) is 0.666. The van der Waals surface area contributed by atoms with E-state index in [1.807, 2.05) is 35.0 Å². The van der Waals surface area contributed by atoms with Crippen LogP contribution in [-0.4, -0.2) is 38.9 Å². The number of carbonyl (C=O) groups excluding carboxylic acids is 2. The summed E-state index contributed by atoms with van der Waals surface area (Å²) in [6.45, 7) is 1.69. The van der Waals surface area contributed by atoms with Crippen LogP contribution in [0.5, 0.6) is 0 Å². The maximum atomic E-state index is 13.3. The lowest BCUT2D eigenvalue weighted by atomic mass is 9.49. The molecule has 7 rings (SSSR count). The van der Waals surface area contributed by atoms with Crippen molar-refractivity contribution in [3.05, 3.63) is 53.6 Å². The largest absolute Gasteiger partial charge is 0.329 e. The number of nitrogens with zero attached hydrogens (tertiary/aromatic N) is 4. The molecule has 1 aromatic carbocycles.